The van der Waals surface area contributed by atoms with E-state index in [0.29, 0.717) is 16.3 Å². The lowest BCUT2D eigenvalue weighted by Crippen LogP contribution is -2.20. The van der Waals surface area contributed by atoms with E-state index in [1.165, 1.54) is 0 Å². The third-order valence-corrected chi connectivity index (χ3v) is 2.84. The summed E-state index contributed by atoms with van der Waals surface area (Å²) in [7, 11) is 0.975. The largest absolute Gasteiger partial charge is 0.326 e. The van der Waals surface area contributed by atoms with Gasteiger partial charge in [0.05, 0.1) is 10.6 Å². The lowest BCUT2D eigenvalue weighted by atomic mass is 9.72. The zero-order valence-electron chi connectivity index (χ0n) is 9.96. The number of halogens is 1. The minimum atomic E-state index is -0.0207. The van der Waals surface area contributed by atoms with E-state index in [0.717, 1.165) is 13.6 Å². The fraction of sp³-hybridized carbons (Fsp3) is 0.333. The van der Waals surface area contributed by atoms with Crippen molar-refractivity contribution in [1.29, 1.82) is 5.26 Å². The summed E-state index contributed by atoms with van der Waals surface area (Å²) < 4.78 is 0. The van der Waals surface area contributed by atoms with Gasteiger partial charge >= 0.3 is 0 Å². The SMILES string of the molecule is CBC[C@@H](C)C(=O)Nc1ccc(C#N)c(Cl)c1. The van der Waals surface area contributed by atoms with Gasteiger partial charge in [0.2, 0.25) is 5.91 Å². The Balaban J connectivity index is 2.73. The molecule has 1 N–H and O–H groups in total. The first kappa shape index (κ1) is 13.6. The van der Waals surface area contributed by atoms with Crippen LogP contribution in [-0.2, 0) is 4.79 Å². The van der Waals surface area contributed by atoms with E-state index in [9.17, 15) is 4.79 Å². The molecule has 0 aliphatic heterocycles. The second kappa shape index (κ2) is 6.31. The summed E-state index contributed by atoms with van der Waals surface area (Å²) in [5, 5.41) is 11.9. The molecule has 17 heavy (non-hydrogen) atoms. The third-order valence-electron chi connectivity index (χ3n) is 2.53. The van der Waals surface area contributed by atoms with Crippen LogP contribution in [0.25, 0.3) is 0 Å². The Kier molecular flexibility index (Phi) is 5.05. The molecule has 1 rings (SSSR count). The van der Waals surface area contributed by atoms with Gasteiger partial charge in [-0.15, -0.1) is 0 Å². The summed E-state index contributed by atoms with van der Waals surface area (Å²) in [6.45, 7) is 3.94. The number of carbonyl (C=O) groups excluding carboxylic acids is 1. The highest BCUT2D eigenvalue weighted by Gasteiger charge is 2.12. The zero-order chi connectivity index (χ0) is 12.8. The van der Waals surface area contributed by atoms with E-state index < -0.39 is 0 Å². The quantitative estimate of drug-likeness (QED) is 0.833. The van der Waals surface area contributed by atoms with Crippen LogP contribution in [0.15, 0.2) is 18.2 Å². The van der Waals surface area contributed by atoms with Crippen molar-refractivity contribution in [2.24, 2.45) is 5.92 Å². The molecule has 88 valence electrons. The highest BCUT2D eigenvalue weighted by Crippen LogP contribution is 2.20. The predicted octanol–water partition coefficient (Wildman–Crippen LogP) is 2.69. The monoisotopic (exact) mass is 248 g/mol. The number of benzene rings is 1. The van der Waals surface area contributed by atoms with Crippen LogP contribution < -0.4 is 5.32 Å². The maximum absolute atomic E-state index is 11.7. The van der Waals surface area contributed by atoms with E-state index in [2.05, 4.69) is 5.32 Å². The molecule has 0 aromatic heterocycles. The Morgan fingerprint density at radius 2 is 2.35 bits per heavy atom. The minimum absolute atomic E-state index is 0.0191. The first-order chi connectivity index (χ1) is 8.08. The van der Waals surface area contributed by atoms with Gasteiger partial charge < -0.3 is 5.32 Å². The average Bonchev–Trinajstić information content (AvgIpc) is 2.29. The molecule has 0 heterocycles. The van der Waals surface area contributed by atoms with Gasteiger partial charge in [-0.05, 0) is 18.2 Å². The van der Waals surface area contributed by atoms with Crippen molar-refractivity contribution in [3.05, 3.63) is 28.8 Å². The van der Waals surface area contributed by atoms with Crippen LogP contribution in [0.1, 0.15) is 12.5 Å². The maximum Gasteiger partial charge on any atom is 0.226 e. The molecule has 0 saturated heterocycles. The van der Waals surface area contributed by atoms with Crippen molar-refractivity contribution in [2.45, 2.75) is 20.1 Å². The van der Waals surface area contributed by atoms with Gasteiger partial charge in [0.25, 0.3) is 0 Å². The van der Waals surface area contributed by atoms with E-state index in [1.807, 2.05) is 19.8 Å². The average molecular weight is 249 g/mol. The highest BCUT2D eigenvalue weighted by atomic mass is 35.5. The molecule has 0 spiro atoms. The van der Waals surface area contributed by atoms with Crippen LogP contribution >= 0.6 is 11.6 Å². The van der Waals surface area contributed by atoms with E-state index in [-0.39, 0.29) is 11.8 Å². The summed E-state index contributed by atoms with van der Waals surface area (Å²) in [6.07, 6.45) is 0.857. The van der Waals surface area contributed by atoms with Crippen molar-refractivity contribution in [3.63, 3.8) is 0 Å². The number of nitrogens with one attached hydrogen (secondary N) is 1. The van der Waals surface area contributed by atoms with Gasteiger partial charge in [0.15, 0.2) is 0 Å². The number of nitriles is 1. The molecule has 5 heteroatoms. The smallest absolute Gasteiger partial charge is 0.226 e. The van der Waals surface area contributed by atoms with Gasteiger partial charge in [0.1, 0.15) is 13.3 Å². The number of hydrogen-bond acceptors (Lipinski definition) is 2. The molecular formula is C12H14BClN2O. The van der Waals surface area contributed by atoms with Gasteiger partial charge in [-0.3, -0.25) is 4.79 Å². The number of rotatable bonds is 4. The summed E-state index contributed by atoms with van der Waals surface area (Å²) >= 11 is 5.88. The van der Waals surface area contributed by atoms with Crippen molar-refractivity contribution in [3.8, 4) is 6.07 Å². The normalized spacial score (nSPS) is 11.4. The molecule has 0 unspecified atom stereocenters. The number of amides is 1. The second-order valence-electron chi connectivity index (χ2n) is 3.99. The summed E-state index contributed by atoms with van der Waals surface area (Å²) in [4.78, 5) is 11.7. The Morgan fingerprint density at radius 1 is 1.65 bits per heavy atom. The summed E-state index contributed by atoms with van der Waals surface area (Å²) in [5.74, 6) is -0.0398. The third kappa shape index (κ3) is 3.79. The van der Waals surface area contributed by atoms with E-state index >= 15 is 0 Å². The van der Waals surface area contributed by atoms with Crippen molar-refractivity contribution in [2.75, 3.05) is 5.32 Å². The van der Waals surface area contributed by atoms with Crippen LogP contribution in [0.5, 0.6) is 0 Å². The van der Waals surface area contributed by atoms with Gasteiger partial charge in [0, 0.05) is 11.6 Å². The van der Waals surface area contributed by atoms with Crippen molar-refractivity contribution < 1.29 is 4.79 Å². The van der Waals surface area contributed by atoms with Crippen LogP contribution in [-0.4, -0.2) is 13.2 Å². The molecule has 1 atom stereocenters. The lowest BCUT2D eigenvalue weighted by Gasteiger charge is -2.11. The number of anilines is 1. The molecule has 0 radical (unpaired) electrons. The molecule has 0 aliphatic carbocycles. The van der Waals surface area contributed by atoms with Crippen LogP contribution in [0.4, 0.5) is 5.69 Å². The van der Waals surface area contributed by atoms with Gasteiger partial charge in [-0.2, -0.15) is 5.26 Å². The van der Waals surface area contributed by atoms with E-state index in [1.54, 1.807) is 18.2 Å². The molecule has 0 fully saturated rings. The summed E-state index contributed by atoms with van der Waals surface area (Å²) in [6, 6.07) is 6.85. The Labute approximate surface area is 107 Å². The second-order valence-corrected chi connectivity index (χ2v) is 4.39. The van der Waals surface area contributed by atoms with Crippen LogP contribution in [0, 0.1) is 17.2 Å². The van der Waals surface area contributed by atoms with Crippen molar-refractivity contribution in [1.82, 2.24) is 0 Å². The predicted molar refractivity (Wildman–Crippen MR) is 71.8 cm³/mol. The Morgan fingerprint density at radius 3 is 2.88 bits per heavy atom. The molecule has 0 bridgehead atoms. The first-order valence-corrected chi connectivity index (χ1v) is 5.96. The van der Waals surface area contributed by atoms with Gasteiger partial charge in [-0.25, -0.2) is 0 Å². The fourth-order valence-corrected chi connectivity index (χ4v) is 1.74. The standard InChI is InChI=1S/C12H14BClN2O/c1-8(6-13-2)12(17)16-10-4-3-9(7-15)11(14)5-10/h3-5,8,13H,6H2,1-2H3,(H,16,17)/t8-/m1/s1. The molecule has 3 nitrogen and oxygen atoms in total. The molecule has 1 aromatic carbocycles. The number of nitrogens with zero attached hydrogens (tertiary/aromatic N) is 1. The summed E-state index contributed by atoms with van der Waals surface area (Å²) in [5.41, 5.74) is 1.04. The molecule has 1 aromatic rings. The Bertz CT molecular complexity index is 456. The van der Waals surface area contributed by atoms with E-state index in [4.69, 9.17) is 16.9 Å². The molecule has 1 amide bonds. The fourth-order valence-electron chi connectivity index (χ4n) is 1.51. The topological polar surface area (TPSA) is 52.9 Å². The highest BCUT2D eigenvalue weighted by molar-refractivity contribution is 6.34. The molecular weight excluding hydrogens is 234 g/mol. The zero-order valence-corrected chi connectivity index (χ0v) is 10.7. The molecule has 0 saturated carbocycles. The van der Waals surface area contributed by atoms with Crippen LogP contribution in [0.2, 0.25) is 18.2 Å². The maximum atomic E-state index is 11.7. The van der Waals surface area contributed by atoms with Crippen molar-refractivity contribution >= 4 is 30.5 Å². The number of carbonyl (C=O) groups is 1. The molecule has 0 aliphatic rings. The van der Waals surface area contributed by atoms with Gasteiger partial charge in [-0.1, -0.05) is 31.7 Å². The van der Waals surface area contributed by atoms with Crippen LogP contribution in [0.3, 0.4) is 0 Å². The Hall–Kier alpha value is -1.47. The lowest BCUT2D eigenvalue weighted by molar-refractivity contribution is -0.118. The first-order valence-electron chi connectivity index (χ1n) is 5.59. The number of hydrogen-bond donors (Lipinski definition) is 1. The minimum Gasteiger partial charge on any atom is -0.326 e.